The van der Waals surface area contributed by atoms with E-state index in [-0.39, 0.29) is 0 Å². The van der Waals surface area contributed by atoms with E-state index < -0.39 is 0 Å². The normalized spacial score (nSPS) is 11.7. The van der Waals surface area contributed by atoms with E-state index >= 15 is 0 Å². The number of hydrogen-bond acceptors (Lipinski definition) is 2. The molecule has 0 aromatic rings. The molecule has 0 radical (unpaired) electrons. The molecule has 0 fully saturated rings. The number of oxime groups is 1. The summed E-state index contributed by atoms with van der Waals surface area (Å²) in [5, 5.41) is 3.84. The van der Waals surface area contributed by atoms with Crippen molar-refractivity contribution in [3.8, 4) is 0 Å². The van der Waals surface area contributed by atoms with E-state index in [4.69, 9.17) is 0 Å². The molecule has 0 spiro atoms. The van der Waals surface area contributed by atoms with Gasteiger partial charge in [0.15, 0.2) is 0 Å². The molecule has 0 rings (SSSR count). The highest BCUT2D eigenvalue weighted by atomic mass is 16.6. The van der Waals surface area contributed by atoms with Crippen LogP contribution in [0.25, 0.3) is 0 Å². The second kappa shape index (κ2) is 7.58. The van der Waals surface area contributed by atoms with Crippen LogP contribution in [0.2, 0.25) is 0 Å². The first-order valence-corrected chi connectivity index (χ1v) is 4.38. The summed E-state index contributed by atoms with van der Waals surface area (Å²) in [5.41, 5.74) is 1.10. The lowest BCUT2D eigenvalue weighted by molar-refractivity contribution is 0.212. The maximum absolute atomic E-state index is 4.65. The smallest absolute Gasteiger partial charge is 0.106 e. The van der Waals surface area contributed by atoms with Gasteiger partial charge in [-0.15, -0.1) is 0 Å². The van der Waals surface area contributed by atoms with Crippen LogP contribution in [0.15, 0.2) is 5.16 Å². The second-order valence-electron chi connectivity index (χ2n) is 2.82. The third-order valence-corrected chi connectivity index (χ3v) is 1.64. The third-order valence-electron chi connectivity index (χ3n) is 1.64. The summed E-state index contributed by atoms with van der Waals surface area (Å²) < 4.78 is 0. The predicted octanol–water partition coefficient (Wildman–Crippen LogP) is 2.98. The Morgan fingerprint density at radius 3 is 2.55 bits per heavy atom. The average Bonchev–Trinajstić information content (AvgIpc) is 1.99. The number of rotatable bonds is 6. The lowest BCUT2D eigenvalue weighted by Crippen LogP contribution is -1.91. The molecule has 0 aliphatic heterocycles. The summed E-state index contributed by atoms with van der Waals surface area (Å²) in [6, 6.07) is 0. The molecule has 2 heteroatoms. The van der Waals surface area contributed by atoms with Crippen LogP contribution in [-0.2, 0) is 4.84 Å². The number of hydrogen-bond donors (Lipinski definition) is 0. The van der Waals surface area contributed by atoms with Crippen LogP contribution < -0.4 is 0 Å². The zero-order valence-corrected chi connectivity index (χ0v) is 7.89. The molecule has 0 bridgehead atoms. The molecular weight excluding hydrogens is 138 g/mol. The summed E-state index contributed by atoms with van der Waals surface area (Å²) in [5.74, 6) is 0. The van der Waals surface area contributed by atoms with Crippen LogP contribution in [0, 0.1) is 0 Å². The van der Waals surface area contributed by atoms with Crippen LogP contribution in [-0.4, -0.2) is 12.8 Å². The lowest BCUT2D eigenvalue weighted by atomic mass is 10.1. The Labute approximate surface area is 69.6 Å². The first-order chi connectivity index (χ1) is 5.31. The van der Waals surface area contributed by atoms with Gasteiger partial charge < -0.3 is 4.84 Å². The standard InChI is InChI=1S/C9H19NO/c1-4-5-6-7-8-9(2)10-11-3/h4-8H2,1-3H3. The Morgan fingerprint density at radius 2 is 2.00 bits per heavy atom. The topological polar surface area (TPSA) is 21.6 Å². The molecule has 0 saturated heterocycles. The lowest BCUT2D eigenvalue weighted by Gasteiger charge is -1.98. The first-order valence-electron chi connectivity index (χ1n) is 4.38. The molecule has 66 valence electrons. The minimum Gasteiger partial charge on any atom is -0.399 e. The van der Waals surface area contributed by atoms with E-state index in [1.165, 1.54) is 25.7 Å². The highest BCUT2D eigenvalue weighted by molar-refractivity contribution is 5.81. The van der Waals surface area contributed by atoms with Crippen molar-refractivity contribution < 1.29 is 4.84 Å². The van der Waals surface area contributed by atoms with Crippen molar-refractivity contribution in [2.75, 3.05) is 7.11 Å². The van der Waals surface area contributed by atoms with Gasteiger partial charge in [0.1, 0.15) is 7.11 Å². The van der Waals surface area contributed by atoms with Crippen LogP contribution in [0.3, 0.4) is 0 Å². The Bertz CT molecular complexity index is 110. The van der Waals surface area contributed by atoms with Crippen molar-refractivity contribution in [3.05, 3.63) is 0 Å². The molecule has 0 aromatic carbocycles. The van der Waals surface area contributed by atoms with Crippen LogP contribution >= 0.6 is 0 Å². The summed E-state index contributed by atoms with van der Waals surface area (Å²) in [4.78, 5) is 4.65. The minimum atomic E-state index is 1.08. The van der Waals surface area contributed by atoms with E-state index in [0.717, 1.165) is 12.1 Å². The molecule has 0 aliphatic carbocycles. The molecule has 0 unspecified atom stereocenters. The SMILES string of the molecule is CCCCCCC(C)=NOC. The maximum atomic E-state index is 4.65. The molecule has 0 saturated carbocycles. The summed E-state index contributed by atoms with van der Waals surface area (Å²) >= 11 is 0. The van der Waals surface area contributed by atoms with Crippen molar-refractivity contribution >= 4 is 5.71 Å². The molecule has 0 atom stereocenters. The van der Waals surface area contributed by atoms with Crippen molar-refractivity contribution in [1.82, 2.24) is 0 Å². The Kier molecular flexibility index (Phi) is 7.21. The van der Waals surface area contributed by atoms with Gasteiger partial charge in [0.25, 0.3) is 0 Å². The van der Waals surface area contributed by atoms with Crippen LogP contribution in [0.5, 0.6) is 0 Å². The Hall–Kier alpha value is -0.530. The van der Waals surface area contributed by atoms with Gasteiger partial charge in [-0.3, -0.25) is 0 Å². The van der Waals surface area contributed by atoms with Crippen LogP contribution in [0.4, 0.5) is 0 Å². The fourth-order valence-electron chi connectivity index (χ4n) is 1.01. The minimum absolute atomic E-state index is 1.08. The van der Waals surface area contributed by atoms with Crippen molar-refractivity contribution in [2.24, 2.45) is 5.16 Å². The fourth-order valence-corrected chi connectivity index (χ4v) is 1.01. The van der Waals surface area contributed by atoms with E-state index in [0.29, 0.717) is 0 Å². The average molecular weight is 157 g/mol. The van der Waals surface area contributed by atoms with E-state index in [2.05, 4.69) is 16.9 Å². The third kappa shape index (κ3) is 7.37. The highest BCUT2D eigenvalue weighted by Crippen LogP contribution is 2.03. The van der Waals surface area contributed by atoms with E-state index in [1.54, 1.807) is 7.11 Å². The predicted molar refractivity (Wildman–Crippen MR) is 48.9 cm³/mol. The summed E-state index contributed by atoms with van der Waals surface area (Å²) in [6.07, 6.45) is 6.26. The van der Waals surface area contributed by atoms with Crippen molar-refractivity contribution in [3.63, 3.8) is 0 Å². The molecule has 0 N–H and O–H groups in total. The van der Waals surface area contributed by atoms with Gasteiger partial charge in [0, 0.05) is 0 Å². The van der Waals surface area contributed by atoms with Gasteiger partial charge >= 0.3 is 0 Å². The van der Waals surface area contributed by atoms with E-state index in [9.17, 15) is 0 Å². The second-order valence-corrected chi connectivity index (χ2v) is 2.82. The van der Waals surface area contributed by atoms with Gasteiger partial charge in [0.2, 0.25) is 0 Å². The largest absolute Gasteiger partial charge is 0.399 e. The monoisotopic (exact) mass is 157 g/mol. The molecule has 0 heterocycles. The van der Waals surface area contributed by atoms with Gasteiger partial charge in [0.05, 0.1) is 5.71 Å². The van der Waals surface area contributed by atoms with Crippen LogP contribution in [0.1, 0.15) is 46.0 Å². The van der Waals surface area contributed by atoms with Gasteiger partial charge in [-0.2, -0.15) is 0 Å². The number of unbranched alkanes of at least 4 members (excludes halogenated alkanes) is 3. The van der Waals surface area contributed by atoms with Gasteiger partial charge in [-0.1, -0.05) is 31.3 Å². The molecule has 11 heavy (non-hydrogen) atoms. The molecule has 0 aromatic heterocycles. The van der Waals surface area contributed by atoms with Crippen molar-refractivity contribution in [2.45, 2.75) is 46.0 Å². The zero-order chi connectivity index (χ0) is 8.53. The molecule has 0 amide bonds. The number of nitrogens with zero attached hydrogens (tertiary/aromatic N) is 1. The fraction of sp³-hybridized carbons (Fsp3) is 0.889. The van der Waals surface area contributed by atoms with Gasteiger partial charge in [-0.25, -0.2) is 0 Å². The van der Waals surface area contributed by atoms with Crippen molar-refractivity contribution in [1.29, 1.82) is 0 Å². The zero-order valence-electron chi connectivity index (χ0n) is 7.89. The molecule has 2 nitrogen and oxygen atoms in total. The maximum Gasteiger partial charge on any atom is 0.106 e. The highest BCUT2D eigenvalue weighted by Gasteiger charge is 1.91. The quantitative estimate of drug-likeness (QED) is 0.330. The Balaban J connectivity index is 3.17. The summed E-state index contributed by atoms with van der Waals surface area (Å²) in [7, 11) is 1.59. The summed E-state index contributed by atoms with van der Waals surface area (Å²) in [6.45, 7) is 4.23. The molecule has 0 aliphatic rings. The molecular formula is C9H19NO. The van der Waals surface area contributed by atoms with E-state index in [1.807, 2.05) is 6.92 Å². The van der Waals surface area contributed by atoms with Gasteiger partial charge in [-0.05, 0) is 19.8 Å². The Morgan fingerprint density at radius 1 is 1.27 bits per heavy atom. The first kappa shape index (κ1) is 10.5.